The second kappa shape index (κ2) is 5.47. The Bertz CT molecular complexity index is 654. The number of hydrogen-bond donors (Lipinski definition) is 1. The number of halogens is 2. The van der Waals surface area contributed by atoms with Gasteiger partial charge in [0.2, 0.25) is 0 Å². The average Bonchev–Trinajstić information content (AvgIpc) is 2.66. The third-order valence-corrected chi connectivity index (χ3v) is 3.31. The highest BCUT2D eigenvalue weighted by atomic mass is 19.1. The fourth-order valence-corrected chi connectivity index (χ4v) is 2.50. The number of rotatable bonds is 3. The van der Waals surface area contributed by atoms with E-state index in [1.807, 2.05) is 25.3 Å². The zero-order chi connectivity index (χ0) is 15.8. The van der Waals surface area contributed by atoms with Gasteiger partial charge >= 0.3 is 0 Å². The van der Waals surface area contributed by atoms with E-state index < -0.39 is 11.6 Å². The molecule has 0 spiro atoms. The molecule has 0 aliphatic rings. The minimum atomic E-state index is -0.650. The highest BCUT2D eigenvalue weighted by molar-refractivity contribution is 5.71. The van der Waals surface area contributed by atoms with Gasteiger partial charge in [-0.25, -0.2) is 13.8 Å². The molecular formula is C16H21F2N3. The maximum Gasteiger partial charge on any atom is 0.135 e. The van der Waals surface area contributed by atoms with E-state index in [0.717, 1.165) is 24.7 Å². The molecule has 0 saturated carbocycles. The van der Waals surface area contributed by atoms with E-state index in [2.05, 4.69) is 11.9 Å². The summed E-state index contributed by atoms with van der Waals surface area (Å²) in [5.41, 5.74) is 6.56. The fourth-order valence-electron chi connectivity index (χ4n) is 2.50. The monoisotopic (exact) mass is 293 g/mol. The zero-order valence-corrected chi connectivity index (χ0v) is 12.9. The lowest BCUT2D eigenvalue weighted by atomic mass is 10.1. The lowest BCUT2D eigenvalue weighted by Gasteiger charge is -2.25. The van der Waals surface area contributed by atoms with Crippen LogP contribution in [0.15, 0.2) is 18.2 Å². The summed E-state index contributed by atoms with van der Waals surface area (Å²) in [6.45, 7) is 8.12. The predicted octanol–water partition coefficient (Wildman–Crippen LogP) is 4.12. The summed E-state index contributed by atoms with van der Waals surface area (Å²) in [6.07, 6.45) is 1.67. The summed E-state index contributed by atoms with van der Waals surface area (Å²) >= 11 is 0. The van der Waals surface area contributed by atoms with Gasteiger partial charge in [0.25, 0.3) is 0 Å². The Kier molecular flexibility index (Phi) is 4.03. The van der Waals surface area contributed by atoms with Crippen molar-refractivity contribution in [2.45, 2.75) is 46.1 Å². The highest BCUT2D eigenvalue weighted by Crippen LogP contribution is 2.33. The fraction of sp³-hybridized carbons (Fsp3) is 0.438. The molecule has 114 valence electrons. The Labute approximate surface area is 123 Å². The molecule has 0 amide bonds. The smallest absolute Gasteiger partial charge is 0.135 e. The summed E-state index contributed by atoms with van der Waals surface area (Å²) in [5.74, 6) is -0.0279. The van der Waals surface area contributed by atoms with Crippen molar-refractivity contribution >= 4 is 5.82 Å². The van der Waals surface area contributed by atoms with Gasteiger partial charge in [-0.2, -0.15) is 0 Å². The van der Waals surface area contributed by atoms with Crippen LogP contribution in [0, 0.1) is 11.6 Å². The molecule has 1 heterocycles. The number of nitrogens with two attached hydrogens (primary N) is 1. The topological polar surface area (TPSA) is 43.8 Å². The minimum absolute atomic E-state index is 0.231. The molecule has 3 nitrogen and oxygen atoms in total. The van der Waals surface area contributed by atoms with E-state index in [9.17, 15) is 8.78 Å². The number of imidazole rings is 1. The lowest BCUT2D eigenvalue weighted by Crippen LogP contribution is -2.25. The molecule has 2 rings (SSSR count). The van der Waals surface area contributed by atoms with Gasteiger partial charge in [0.1, 0.15) is 29.0 Å². The second-order valence-corrected chi connectivity index (χ2v) is 6.14. The van der Waals surface area contributed by atoms with Crippen LogP contribution in [-0.4, -0.2) is 9.55 Å². The Morgan fingerprint density at radius 2 is 1.90 bits per heavy atom. The molecule has 0 atom stereocenters. The van der Waals surface area contributed by atoms with Crippen molar-refractivity contribution in [1.82, 2.24) is 9.55 Å². The van der Waals surface area contributed by atoms with Gasteiger partial charge in [0.15, 0.2) is 0 Å². The summed E-state index contributed by atoms with van der Waals surface area (Å²) in [5, 5.41) is 0. The maximum absolute atomic E-state index is 14.0. The number of nitrogens with zero attached hydrogens (tertiary/aromatic N) is 2. The van der Waals surface area contributed by atoms with E-state index in [4.69, 9.17) is 5.73 Å². The first kappa shape index (κ1) is 15.5. The van der Waals surface area contributed by atoms with Crippen LogP contribution in [0.2, 0.25) is 0 Å². The van der Waals surface area contributed by atoms with Crippen LogP contribution in [0.25, 0.3) is 11.3 Å². The van der Waals surface area contributed by atoms with Crippen LogP contribution in [0.5, 0.6) is 0 Å². The van der Waals surface area contributed by atoms with Crippen LogP contribution in [0.3, 0.4) is 0 Å². The Morgan fingerprint density at radius 3 is 2.43 bits per heavy atom. The molecule has 0 unspecified atom stereocenters. The molecule has 2 N–H and O–H groups in total. The molecule has 0 radical (unpaired) electrons. The molecule has 1 aromatic heterocycles. The largest absolute Gasteiger partial charge is 0.383 e. The van der Waals surface area contributed by atoms with Crippen LogP contribution in [0.1, 0.15) is 39.9 Å². The van der Waals surface area contributed by atoms with Crippen molar-refractivity contribution in [3.8, 4) is 11.3 Å². The number of nitrogen functional groups attached to an aromatic ring is 1. The number of benzene rings is 1. The van der Waals surface area contributed by atoms with Gasteiger partial charge in [-0.15, -0.1) is 0 Å². The standard InChI is InChI=1S/C16H21F2N3/c1-5-6-13-20-14(15(19)21(13)16(2,3)4)11-8-7-10(17)9-12(11)18/h7-9H,5-6,19H2,1-4H3. The summed E-state index contributed by atoms with van der Waals surface area (Å²) in [7, 11) is 0. The first-order valence-electron chi connectivity index (χ1n) is 7.08. The normalized spacial score (nSPS) is 11.9. The zero-order valence-electron chi connectivity index (χ0n) is 12.9. The van der Waals surface area contributed by atoms with Crippen molar-refractivity contribution in [2.24, 2.45) is 0 Å². The Hall–Kier alpha value is -1.91. The quantitative estimate of drug-likeness (QED) is 0.925. The van der Waals surface area contributed by atoms with Crippen LogP contribution in [-0.2, 0) is 12.0 Å². The average molecular weight is 293 g/mol. The summed E-state index contributed by atoms with van der Waals surface area (Å²) in [4.78, 5) is 4.50. The minimum Gasteiger partial charge on any atom is -0.383 e. The van der Waals surface area contributed by atoms with Gasteiger partial charge in [-0.1, -0.05) is 6.92 Å². The molecule has 0 aliphatic carbocycles. The molecular weight excluding hydrogens is 272 g/mol. The van der Waals surface area contributed by atoms with Crippen LogP contribution in [0.4, 0.5) is 14.6 Å². The van der Waals surface area contributed by atoms with Crippen molar-refractivity contribution in [3.05, 3.63) is 35.7 Å². The van der Waals surface area contributed by atoms with Crippen LogP contribution < -0.4 is 5.73 Å². The number of anilines is 1. The SMILES string of the molecule is CCCc1nc(-c2ccc(F)cc2F)c(N)n1C(C)(C)C. The highest BCUT2D eigenvalue weighted by Gasteiger charge is 2.25. The maximum atomic E-state index is 14.0. The predicted molar refractivity (Wildman–Crippen MR) is 81.0 cm³/mol. The molecule has 5 heteroatoms. The van der Waals surface area contributed by atoms with Gasteiger partial charge in [-0.3, -0.25) is 0 Å². The van der Waals surface area contributed by atoms with Gasteiger partial charge in [0.05, 0.1) is 0 Å². The first-order chi connectivity index (χ1) is 9.75. The lowest BCUT2D eigenvalue weighted by molar-refractivity contribution is 0.387. The number of aryl methyl sites for hydroxylation is 1. The van der Waals surface area contributed by atoms with Crippen molar-refractivity contribution in [1.29, 1.82) is 0 Å². The van der Waals surface area contributed by atoms with E-state index in [1.165, 1.54) is 12.1 Å². The third-order valence-electron chi connectivity index (χ3n) is 3.31. The summed E-state index contributed by atoms with van der Waals surface area (Å²) < 4.78 is 29.0. The molecule has 2 aromatic rings. The Balaban J connectivity index is 2.65. The molecule has 0 fully saturated rings. The molecule has 0 bridgehead atoms. The van der Waals surface area contributed by atoms with E-state index in [-0.39, 0.29) is 11.1 Å². The van der Waals surface area contributed by atoms with Gasteiger partial charge < -0.3 is 10.3 Å². The van der Waals surface area contributed by atoms with Crippen molar-refractivity contribution < 1.29 is 8.78 Å². The number of aromatic nitrogens is 2. The van der Waals surface area contributed by atoms with Gasteiger partial charge in [-0.05, 0) is 39.3 Å². The van der Waals surface area contributed by atoms with Crippen molar-refractivity contribution in [2.75, 3.05) is 5.73 Å². The van der Waals surface area contributed by atoms with Crippen molar-refractivity contribution in [3.63, 3.8) is 0 Å². The third kappa shape index (κ3) is 2.91. The Morgan fingerprint density at radius 1 is 1.24 bits per heavy atom. The molecule has 0 aliphatic heterocycles. The number of hydrogen-bond acceptors (Lipinski definition) is 2. The molecule has 1 aromatic carbocycles. The van der Waals surface area contributed by atoms with E-state index in [1.54, 1.807) is 0 Å². The first-order valence-corrected chi connectivity index (χ1v) is 7.08. The van der Waals surface area contributed by atoms with E-state index >= 15 is 0 Å². The van der Waals surface area contributed by atoms with Gasteiger partial charge in [0, 0.05) is 23.6 Å². The molecule has 21 heavy (non-hydrogen) atoms. The summed E-state index contributed by atoms with van der Waals surface area (Å²) in [6, 6.07) is 3.45. The molecule has 0 saturated heterocycles. The second-order valence-electron chi connectivity index (χ2n) is 6.14. The van der Waals surface area contributed by atoms with E-state index in [0.29, 0.717) is 11.5 Å². The van der Waals surface area contributed by atoms with Crippen LogP contribution >= 0.6 is 0 Å².